The molecule has 6 heteroatoms. The predicted molar refractivity (Wildman–Crippen MR) is 121 cm³/mol. The van der Waals surface area contributed by atoms with Gasteiger partial charge in [-0.15, -0.1) is 11.8 Å². The van der Waals surface area contributed by atoms with Crippen molar-refractivity contribution in [2.45, 2.75) is 41.2 Å². The molecule has 0 aromatic heterocycles. The van der Waals surface area contributed by atoms with E-state index in [1.54, 1.807) is 36.4 Å². The third-order valence-electron chi connectivity index (χ3n) is 5.18. The van der Waals surface area contributed by atoms with Crippen LogP contribution < -0.4 is 4.31 Å². The van der Waals surface area contributed by atoms with E-state index in [-0.39, 0.29) is 4.90 Å². The number of benzene rings is 3. The van der Waals surface area contributed by atoms with Gasteiger partial charge in [0.1, 0.15) is 0 Å². The van der Waals surface area contributed by atoms with E-state index in [1.165, 1.54) is 11.8 Å². The summed E-state index contributed by atoms with van der Waals surface area (Å²) in [5.74, 6) is -0.392. The molecule has 0 spiro atoms. The van der Waals surface area contributed by atoms with Gasteiger partial charge in [0.15, 0.2) is 0 Å². The van der Waals surface area contributed by atoms with Crippen LogP contribution in [0.25, 0.3) is 0 Å². The van der Waals surface area contributed by atoms with Crippen molar-refractivity contribution in [3.63, 3.8) is 0 Å². The summed E-state index contributed by atoms with van der Waals surface area (Å²) in [6.07, 6.45) is 2.17. The van der Waals surface area contributed by atoms with E-state index in [9.17, 15) is 13.2 Å². The number of nitrogens with zero attached hydrogens (tertiary/aromatic N) is 1. The molecule has 4 rings (SSSR count). The van der Waals surface area contributed by atoms with Crippen molar-refractivity contribution >= 4 is 33.4 Å². The second kappa shape index (κ2) is 8.66. The molecule has 30 heavy (non-hydrogen) atoms. The zero-order valence-electron chi connectivity index (χ0n) is 16.7. The molecule has 1 amide bonds. The van der Waals surface area contributed by atoms with Gasteiger partial charge in [-0.25, -0.2) is 12.7 Å². The average molecular weight is 438 g/mol. The van der Waals surface area contributed by atoms with Gasteiger partial charge in [-0.3, -0.25) is 4.79 Å². The van der Waals surface area contributed by atoms with E-state index in [0.29, 0.717) is 12.1 Å². The zero-order valence-corrected chi connectivity index (χ0v) is 18.3. The summed E-state index contributed by atoms with van der Waals surface area (Å²) in [7, 11) is -4.04. The van der Waals surface area contributed by atoms with E-state index in [0.717, 1.165) is 33.2 Å². The lowest BCUT2D eigenvalue weighted by molar-refractivity contribution is -0.117. The lowest BCUT2D eigenvalue weighted by Gasteiger charge is -2.30. The first-order valence-corrected chi connectivity index (χ1v) is 12.2. The van der Waals surface area contributed by atoms with Crippen LogP contribution in [-0.2, 0) is 21.2 Å². The number of amides is 1. The lowest BCUT2D eigenvalue weighted by atomic mass is 10.0. The van der Waals surface area contributed by atoms with Crippen LogP contribution in [0.1, 0.15) is 24.0 Å². The number of anilines is 1. The first-order valence-electron chi connectivity index (χ1n) is 9.92. The van der Waals surface area contributed by atoms with Crippen LogP contribution in [0, 0.1) is 6.92 Å². The number of fused-ring (bicyclic) bond motifs is 1. The second-order valence-corrected chi connectivity index (χ2v) is 10.4. The third kappa shape index (κ3) is 4.16. The molecule has 1 unspecified atom stereocenters. The third-order valence-corrected chi connectivity index (χ3v) is 8.17. The van der Waals surface area contributed by atoms with Crippen molar-refractivity contribution in [1.82, 2.24) is 0 Å². The van der Waals surface area contributed by atoms with Crippen molar-refractivity contribution < 1.29 is 13.2 Å². The Bertz CT molecular complexity index is 1140. The lowest BCUT2D eigenvalue weighted by Crippen LogP contribution is -2.43. The molecule has 1 aliphatic heterocycles. The van der Waals surface area contributed by atoms with Crippen LogP contribution in [0.3, 0.4) is 0 Å². The van der Waals surface area contributed by atoms with Gasteiger partial charge in [0.2, 0.25) is 0 Å². The van der Waals surface area contributed by atoms with Crippen LogP contribution in [0.15, 0.2) is 88.7 Å². The van der Waals surface area contributed by atoms with Crippen molar-refractivity contribution in [2.24, 2.45) is 0 Å². The highest BCUT2D eigenvalue weighted by atomic mass is 32.2. The smallest absolute Gasteiger partial charge is 0.270 e. The molecule has 0 aliphatic carbocycles. The quantitative estimate of drug-likeness (QED) is 0.562. The number of rotatable bonds is 4. The van der Waals surface area contributed by atoms with Crippen LogP contribution in [0.4, 0.5) is 5.69 Å². The fraction of sp³-hybridized carbons (Fsp3) is 0.208. The van der Waals surface area contributed by atoms with Gasteiger partial charge in [0.05, 0.1) is 15.8 Å². The number of carbonyl (C=O) groups excluding carboxylic acids is 1. The summed E-state index contributed by atoms with van der Waals surface area (Å²) < 4.78 is 28.3. The summed E-state index contributed by atoms with van der Waals surface area (Å²) in [5.41, 5.74) is 2.30. The highest BCUT2D eigenvalue weighted by Gasteiger charge is 2.38. The molecular formula is C24H23NO3S2. The molecule has 3 aromatic carbocycles. The molecule has 1 atom stereocenters. The van der Waals surface area contributed by atoms with Gasteiger partial charge >= 0.3 is 0 Å². The number of aryl methyl sites for hydroxylation is 2. The molecule has 4 nitrogen and oxygen atoms in total. The maximum Gasteiger partial charge on any atom is 0.270 e. The number of hydrogen-bond donors (Lipinski definition) is 0. The number of para-hydroxylation sites is 1. The van der Waals surface area contributed by atoms with Crippen LogP contribution >= 0.6 is 11.8 Å². The fourth-order valence-corrected chi connectivity index (χ4v) is 6.30. The summed E-state index contributed by atoms with van der Waals surface area (Å²) in [5, 5.41) is -0.471. The van der Waals surface area contributed by atoms with Gasteiger partial charge in [0.25, 0.3) is 15.9 Å². The number of thioether (sulfide) groups is 1. The minimum atomic E-state index is -4.04. The predicted octanol–water partition coefficient (Wildman–Crippen LogP) is 5.21. The monoisotopic (exact) mass is 437 g/mol. The molecule has 0 saturated heterocycles. The van der Waals surface area contributed by atoms with Crippen LogP contribution in [0.5, 0.6) is 0 Å². The van der Waals surface area contributed by atoms with Crippen LogP contribution in [0.2, 0.25) is 0 Å². The Morgan fingerprint density at radius 1 is 0.900 bits per heavy atom. The van der Waals surface area contributed by atoms with Gasteiger partial charge in [-0.1, -0.05) is 54.1 Å². The van der Waals surface area contributed by atoms with Gasteiger partial charge in [-0.2, -0.15) is 0 Å². The maximum absolute atomic E-state index is 13.7. The van der Waals surface area contributed by atoms with Crippen molar-refractivity contribution in [1.29, 1.82) is 0 Å². The Labute approximate surface area is 182 Å². The van der Waals surface area contributed by atoms with E-state index >= 15 is 0 Å². The van der Waals surface area contributed by atoms with Crippen molar-refractivity contribution in [3.05, 3.63) is 90.0 Å². The van der Waals surface area contributed by atoms with Gasteiger partial charge < -0.3 is 0 Å². The minimum absolute atomic E-state index is 0.125. The molecule has 0 saturated carbocycles. The zero-order chi connectivity index (χ0) is 21.1. The van der Waals surface area contributed by atoms with Crippen molar-refractivity contribution in [2.75, 3.05) is 4.31 Å². The first-order chi connectivity index (χ1) is 14.5. The largest absolute Gasteiger partial charge is 0.272 e. The number of hydrogen-bond acceptors (Lipinski definition) is 4. The van der Waals surface area contributed by atoms with Gasteiger partial charge in [0, 0.05) is 4.90 Å². The molecular weight excluding hydrogens is 414 g/mol. The molecule has 1 aliphatic rings. The topological polar surface area (TPSA) is 54.5 Å². The minimum Gasteiger partial charge on any atom is -0.272 e. The summed E-state index contributed by atoms with van der Waals surface area (Å²) >= 11 is 1.43. The number of sulfonamides is 1. The molecule has 3 aromatic rings. The molecule has 154 valence electrons. The summed E-state index contributed by atoms with van der Waals surface area (Å²) in [6, 6.07) is 23.6. The second-order valence-electron chi connectivity index (χ2n) is 7.36. The molecule has 0 fully saturated rings. The Morgan fingerprint density at radius 3 is 2.30 bits per heavy atom. The molecule has 0 bridgehead atoms. The molecule has 1 heterocycles. The Hall–Kier alpha value is -2.57. The Morgan fingerprint density at radius 2 is 1.57 bits per heavy atom. The summed E-state index contributed by atoms with van der Waals surface area (Å²) in [6.45, 7) is 1.90. The summed E-state index contributed by atoms with van der Waals surface area (Å²) in [4.78, 5) is 14.8. The van der Waals surface area contributed by atoms with Crippen LogP contribution in [-0.4, -0.2) is 19.6 Å². The first kappa shape index (κ1) is 20.7. The van der Waals surface area contributed by atoms with Crippen molar-refractivity contribution in [3.8, 4) is 0 Å². The number of carbonyl (C=O) groups is 1. The average Bonchev–Trinajstić information content (AvgIpc) is 2.74. The molecule has 0 N–H and O–H groups in total. The molecule has 0 radical (unpaired) electrons. The SMILES string of the molecule is Cc1ccc(S(=O)(=O)N2C(=O)C(Sc3ccccc3)CCCc3ccccc32)cc1. The van der Waals surface area contributed by atoms with E-state index < -0.39 is 21.2 Å². The fourth-order valence-electron chi connectivity index (χ4n) is 3.61. The van der Waals surface area contributed by atoms with E-state index in [4.69, 9.17) is 0 Å². The highest BCUT2D eigenvalue weighted by molar-refractivity contribution is 8.01. The Kier molecular flexibility index (Phi) is 5.97. The normalized spacial score (nSPS) is 17.2. The maximum atomic E-state index is 13.7. The van der Waals surface area contributed by atoms with E-state index in [2.05, 4.69) is 0 Å². The standard InChI is InChI=1S/C24H23NO3S2/c1-18-14-16-21(17-15-18)30(27,28)25-22-12-6-5-8-19(22)9-7-13-23(24(25)26)29-20-10-3-2-4-11-20/h2-6,8,10-12,14-17,23H,7,9,13H2,1H3. The van der Waals surface area contributed by atoms with Gasteiger partial charge in [-0.05, 0) is 62.1 Å². The van der Waals surface area contributed by atoms with E-state index in [1.807, 2.05) is 49.4 Å². The highest BCUT2D eigenvalue weighted by Crippen LogP contribution is 2.36. The Balaban J connectivity index is 1.80.